The van der Waals surface area contributed by atoms with Crippen LogP contribution in [-0.2, 0) is 16.0 Å². The third-order valence-electron chi connectivity index (χ3n) is 4.14. The van der Waals surface area contributed by atoms with Crippen molar-refractivity contribution in [2.75, 3.05) is 16.4 Å². The molecule has 0 aliphatic carbocycles. The molecule has 2 aromatic carbocycles. The zero-order valence-electron chi connectivity index (χ0n) is 15.8. The van der Waals surface area contributed by atoms with Crippen molar-refractivity contribution in [3.05, 3.63) is 65.7 Å². The Bertz CT molecular complexity index is 1140. The first-order valence-electron chi connectivity index (χ1n) is 9.22. The van der Waals surface area contributed by atoms with Crippen LogP contribution in [0.4, 0.5) is 10.8 Å². The lowest BCUT2D eigenvalue weighted by Gasteiger charge is -2.05. The van der Waals surface area contributed by atoms with Crippen LogP contribution in [0.2, 0.25) is 0 Å². The van der Waals surface area contributed by atoms with Gasteiger partial charge in [-0.1, -0.05) is 42.1 Å². The Morgan fingerprint density at radius 3 is 2.70 bits per heavy atom. The number of hydrogen-bond donors (Lipinski definition) is 2. The second kappa shape index (κ2) is 9.84. The normalized spacial score (nSPS) is 10.8. The Balaban J connectivity index is 1.31. The van der Waals surface area contributed by atoms with Gasteiger partial charge >= 0.3 is 0 Å². The number of carbonyl (C=O) groups is 2. The lowest BCUT2D eigenvalue weighted by atomic mass is 10.1. The molecule has 0 bridgehead atoms. The van der Waals surface area contributed by atoms with Gasteiger partial charge in [-0.2, -0.15) is 0 Å². The van der Waals surface area contributed by atoms with Crippen LogP contribution in [0.1, 0.15) is 12.0 Å². The molecule has 0 unspecified atom stereocenters. The molecule has 0 saturated carbocycles. The number of benzene rings is 2. The summed E-state index contributed by atoms with van der Waals surface area (Å²) in [6.45, 7) is 0. The van der Waals surface area contributed by atoms with E-state index in [9.17, 15) is 9.59 Å². The van der Waals surface area contributed by atoms with Gasteiger partial charge in [-0.15, -0.1) is 22.7 Å². The van der Waals surface area contributed by atoms with E-state index in [0.29, 0.717) is 18.0 Å². The summed E-state index contributed by atoms with van der Waals surface area (Å²) in [5.74, 6) is 0.138. The molecule has 2 N–H and O–H groups in total. The standard InChI is InChI=1S/C21H18N4O2S3/c26-18(9-6-14-4-2-1-3-5-14)23-15-7-8-16-17(12-15)30-21(24-16)29-13-19(27)25-20-22-10-11-28-20/h1-5,7-8,10-12H,6,9,13H2,(H,23,26)(H,22,25,27). The maximum absolute atomic E-state index is 12.3. The van der Waals surface area contributed by atoms with Gasteiger partial charge in [0.15, 0.2) is 9.47 Å². The summed E-state index contributed by atoms with van der Waals surface area (Å²) in [4.78, 5) is 32.9. The number of carbonyl (C=O) groups excluding carboxylic acids is 2. The SMILES string of the molecule is O=C(CCc1ccccc1)Nc1ccc2nc(SCC(=O)Nc3nccs3)sc2c1. The van der Waals surface area contributed by atoms with Crippen molar-refractivity contribution < 1.29 is 9.59 Å². The van der Waals surface area contributed by atoms with Crippen LogP contribution >= 0.6 is 34.4 Å². The minimum Gasteiger partial charge on any atom is -0.326 e. The van der Waals surface area contributed by atoms with E-state index in [4.69, 9.17) is 0 Å². The molecular formula is C21H18N4O2S3. The second-order valence-electron chi connectivity index (χ2n) is 6.37. The number of amides is 2. The van der Waals surface area contributed by atoms with Crippen LogP contribution in [0.3, 0.4) is 0 Å². The highest BCUT2D eigenvalue weighted by molar-refractivity contribution is 8.01. The largest absolute Gasteiger partial charge is 0.326 e. The fourth-order valence-corrected chi connectivity index (χ4v) is 5.19. The number of rotatable bonds is 8. The van der Waals surface area contributed by atoms with Crippen LogP contribution in [0, 0.1) is 0 Å². The molecular weight excluding hydrogens is 436 g/mol. The zero-order valence-corrected chi connectivity index (χ0v) is 18.3. The highest BCUT2D eigenvalue weighted by Gasteiger charge is 2.10. The van der Waals surface area contributed by atoms with E-state index in [0.717, 1.165) is 25.8 Å². The lowest BCUT2D eigenvalue weighted by molar-refractivity contribution is -0.116. The van der Waals surface area contributed by atoms with Crippen molar-refractivity contribution >= 4 is 67.3 Å². The summed E-state index contributed by atoms with van der Waals surface area (Å²) >= 11 is 4.28. The molecule has 0 radical (unpaired) electrons. The molecule has 0 aliphatic rings. The average molecular weight is 455 g/mol. The van der Waals surface area contributed by atoms with E-state index in [2.05, 4.69) is 20.6 Å². The maximum Gasteiger partial charge on any atom is 0.236 e. The summed E-state index contributed by atoms with van der Waals surface area (Å²) < 4.78 is 1.78. The van der Waals surface area contributed by atoms with Crippen LogP contribution in [0.15, 0.2) is 64.4 Å². The fourth-order valence-electron chi connectivity index (χ4n) is 2.74. The minimum atomic E-state index is -0.111. The first-order chi connectivity index (χ1) is 14.7. The predicted octanol–water partition coefficient (Wildman–Crippen LogP) is 5.05. The summed E-state index contributed by atoms with van der Waals surface area (Å²) in [6, 6.07) is 15.6. The van der Waals surface area contributed by atoms with Gasteiger partial charge in [-0.25, -0.2) is 9.97 Å². The third-order valence-corrected chi connectivity index (χ3v) is 6.99. The molecule has 0 saturated heterocycles. The topological polar surface area (TPSA) is 84.0 Å². The van der Waals surface area contributed by atoms with E-state index < -0.39 is 0 Å². The minimum absolute atomic E-state index is 0.0174. The molecule has 152 valence electrons. The third kappa shape index (κ3) is 5.65. The van der Waals surface area contributed by atoms with Gasteiger partial charge in [-0.05, 0) is 30.2 Å². The molecule has 0 spiro atoms. The monoisotopic (exact) mass is 454 g/mol. The van der Waals surface area contributed by atoms with E-state index in [-0.39, 0.29) is 17.6 Å². The molecule has 0 atom stereocenters. The van der Waals surface area contributed by atoms with Crippen LogP contribution in [-0.4, -0.2) is 27.5 Å². The molecule has 2 aromatic heterocycles. The first-order valence-corrected chi connectivity index (χ1v) is 11.9. The van der Waals surface area contributed by atoms with Crippen molar-refractivity contribution in [3.8, 4) is 0 Å². The maximum atomic E-state index is 12.3. The Morgan fingerprint density at radius 2 is 1.90 bits per heavy atom. The van der Waals surface area contributed by atoms with Crippen molar-refractivity contribution in [1.82, 2.24) is 9.97 Å². The Morgan fingerprint density at radius 1 is 1.03 bits per heavy atom. The number of nitrogens with zero attached hydrogens (tertiary/aromatic N) is 2. The van der Waals surface area contributed by atoms with Gasteiger partial charge < -0.3 is 10.6 Å². The molecule has 4 rings (SSSR count). The number of anilines is 2. The van der Waals surface area contributed by atoms with E-state index in [1.54, 1.807) is 6.20 Å². The van der Waals surface area contributed by atoms with E-state index >= 15 is 0 Å². The molecule has 2 amide bonds. The smallest absolute Gasteiger partial charge is 0.236 e. The Kier molecular flexibility index (Phi) is 6.73. The number of aromatic nitrogens is 2. The van der Waals surface area contributed by atoms with E-state index in [1.165, 1.54) is 34.4 Å². The van der Waals surface area contributed by atoms with Crippen molar-refractivity contribution in [2.45, 2.75) is 17.2 Å². The summed E-state index contributed by atoms with van der Waals surface area (Å²) in [5.41, 5.74) is 2.75. The van der Waals surface area contributed by atoms with Crippen molar-refractivity contribution in [2.24, 2.45) is 0 Å². The second-order valence-corrected chi connectivity index (χ2v) is 9.52. The van der Waals surface area contributed by atoms with Gasteiger partial charge in [0.1, 0.15) is 0 Å². The van der Waals surface area contributed by atoms with Gasteiger partial charge in [-0.3, -0.25) is 9.59 Å². The lowest BCUT2D eigenvalue weighted by Crippen LogP contribution is -2.13. The van der Waals surface area contributed by atoms with Crippen molar-refractivity contribution in [1.29, 1.82) is 0 Å². The number of thioether (sulfide) groups is 1. The number of nitrogens with one attached hydrogen (secondary N) is 2. The molecule has 4 aromatic rings. The van der Waals surface area contributed by atoms with Gasteiger partial charge in [0.2, 0.25) is 11.8 Å². The molecule has 30 heavy (non-hydrogen) atoms. The molecule has 0 fully saturated rings. The highest BCUT2D eigenvalue weighted by atomic mass is 32.2. The predicted molar refractivity (Wildman–Crippen MR) is 124 cm³/mol. The molecule has 0 aliphatic heterocycles. The Labute approximate surface area is 185 Å². The summed E-state index contributed by atoms with van der Waals surface area (Å²) in [5, 5.41) is 8.12. The molecule has 6 nitrogen and oxygen atoms in total. The number of fused-ring (bicyclic) bond motifs is 1. The first kappa shape index (κ1) is 20.5. The molecule has 2 heterocycles. The average Bonchev–Trinajstić information content (AvgIpc) is 3.40. The summed E-state index contributed by atoms with van der Waals surface area (Å²) in [6.07, 6.45) is 2.79. The van der Waals surface area contributed by atoms with Crippen LogP contribution in [0.5, 0.6) is 0 Å². The van der Waals surface area contributed by atoms with Gasteiger partial charge in [0.25, 0.3) is 0 Å². The molecule has 9 heteroatoms. The number of aryl methyl sites for hydroxylation is 1. The fraction of sp³-hybridized carbons (Fsp3) is 0.143. The number of thiazole rings is 2. The highest BCUT2D eigenvalue weighted by Crippen LogP contribution is 2.31. The Hall–Kier alpha value is -2.75. The van der Waals surface area contributed by atoms with Crippen molar-refractivity contribution in [3.63, 3.8) is 0 Å². The van der Waals surface area contributed by atoms with Crippen LogP contribution in [0.25, 0.3) is 10.2 Å². The quantitative estimate of drug-likeness (QED) is 0.364. The van der Waals surface area contributed by atoms with Gasteiger partial charge in [0.05, 0.1) is 16.0 Å². The summed E-state index contributed by atoms with van der Waals surface area (Å²) in [7, 11) is 0. The number of hydrogen-bond acceptors (Lipinski definition) is 7. The van der Waals surface area contributed by atoms with E-state index in [1.807, 2.05) is 53.9 Å². The van der Waals surface area contributed by atoms with Gasteiger partial charge in [0, 0.05) is 23.7 Å². The zero-order chi connectivity index (χ0) is 20.8. The van der Waals surface area contributed by atoms with Crippen LogP contribution < -0.4 is 10.6 Å².